The number of amides is 2. The van der Waals surface area contributed by atoms with Gasteiger partial charge in [-0.05, 0) is 45.3 Å². The van der Waals surface area contributed by atoms with E-state index in [0.717, 1.165) is 4.90 Å². The van der Waals surface area contributed by atoms with Gasteiger partial charge in [0.1, 0.15) is 5.60 Å². The molecule has 0 bridgehead atoms. The maximum atomic E-state index is 12.7. The lowest BCUT2D eigenvalue weighted by Crippen LogP contribution is -2.48. The van der Waals surface area contributed by atoms with Gasteiger partial charge in [-0.15, -0.1) is 0 Å². The molecule has 0 aromatic carbocycles. The van der Waals surface area contributed by atoms with Gasteiger partial charge in [0.2, 0.25) is 5.91 Å². The SMILES string of the molecule is [2H][C@H]1[C@@H](CO[Si](C)(C)C(C)(C)C)N(C(=O)OC(C)(C)C)C(=O)[C@H]1C([2H])([2H])[2H]. The van der Waals surface area contributed by atoms with Crippen LogP contribution in [0.25, 0.3) is 0 Å². The van der Waals surface area contributed by atoms with Crippen LogP contribution in [-0.2, 0) is 14.0 Å². The molecule has 6 heteroatoms. The highest BCUT2D eigenvalue weighted by molar-refractivity contribution is 6.74. The smallest absolute Gasteiger partial charge is 0.417 e. The van der Waals surface area contributed by atoms with E-state index in [2.05, 4.69) is 0 Å². The maximum Gasteiger partial charge on any atom is 0.417 e. The molecule has 0 unspecified atom stereocenters. The van der Waals surface area contributed by atoms with Gasteiger partial charge < -0.3 is 9.16 Å². The van der Waals surface area contributed by atoms with E-state index in [9.17, 15) is 9.59 Å². The Bertz CT molecular complexity index is 581. The molecule has 0 N–H and O–H groups in total. The average Bonchev–Trinajstić information content (AvgIpc) is 2.63. The second-order valence-electron chi connectivity index (χ2n) is 8.50. The van der Waals surface area contributed by atoms with E-state index in [0.29, 0.717) is 0 Å². The molecule has 23 heavy (non-hydrogen) atoms. The Morgan fingerprint density at radius 2 is 1.91 bits per heavy atom. The molecular weight excluding hydrogens is 310 g/mol. The van der Waals surface area contributed by atoms with Gasteiger partial charge in [0.05, 0.1) is 12.6 Å². The summed E-state index contributed by atoms with van der Waals surface area (Å²) in [4.78, 5) is 26.1. The van der Waals surface area contributed by atoms with Crippen molar-refractivity contribution in [3.63, 3.8) is 0 Å². The van der Waals surface area contributed by atoms with Crippen LogP contribution in [0.2, 0.25) is 18.1 Å². The van der Waals surface area contributed by atoms with E-state index in [1.807, 2.05) is 33.9 Å². The van der Waals surface area contributed by atoms with E-state index in [1.165, 1.54) is 0 Å². The third kappa shape index (κ3) is 5.04. The molecule has 2 amide bonds. The molecule has 0 aliphatic carbocycles. The summed E-state index contributed by atoms with van der Waals surface area (Å²) in [6.07, 6.45) is -2.23. The third-order valence-corrected chi connectivity index (χ3v) is 8.76. The van der Waals surface area contributed by atoms with Crippen molar-refractivity contribution in [3.8, 4) is 0 Å². The van der Waals surface area contributed by atoms with Gasteiger partial charge in [-0.3, -0.25) is 4.79 Å². The van der Waals surface area contributed by atoms with Crippen molar-refractivity contribution in [2.75, 3.05) is 6.61 Å². The van der Waals surface area contributed by atoms with Crippen LogP contribution in [0.3, 0.4) is 0 Å². The molecule has 1 saturated heterocycles. The van der Waals surface area contributed by atoms with Crippen LogP contribution in [-0.4, -0.2) is 43.5 Å². The van der Waals surface area contributed by atoms with Crippen molar-refractivity contribution in [3.05, 3.63) is 0 Å². The van der Waals surface area contributed by atoms with Gasteiger partial charge >= 0.3 is 6.09 Å². The molecular formula is C17H33NO4Si. The number of imide groups is 1. The monoisotopic (exact) mass is 347 g/mol. The Morgan fingerprint density at radius 1 is 1.35 bits per heavy atom. The number of carbonyl (C=O) groups is 2. The summed E-state index contributed by atoms with van der Waals surface area (Å²) in [5, 5.41) is -0.104. The minimum atomic E-state index is -2.67. The first kappa shape index (κ1) is 14.5. The number of hydrogen-bond acceptors (Lipinski definition) is 4. The lowest BCUT2D eigenvalue weighted by molar-refractivity contribution is -0.131. The van der Waals surface area contributed by atoms with Crippen LogP contribution in [0.4, 0.5) is 4.79 Å². The number of hydrogen-bond donors (Lipinski definition) is 0. The Labute approximate surface area is 147 Å². The Morgan fingerprint density at radius 3 is 2.35 bits per heavy atom. The van der Waals surface area contributed by atoms with Crippen LogP contribution in [0.15, 0.2) is 0 Å². The average molecular weight is 348 g/mol. The minimum Gasteiger partial charge on any atom is -0.443 e. The quantitative estimate of drug-likeness (QED) is 0.719. The Balaban J connectivity index is 3.18. The number of rotatable bonds is 3. The lowest BCUT2D eigenvalue weighted by atomic mass is 10.1. The van der Waals surface area contributed by atoms with Gasteiger partial charge in [-0.25, -0.2) is 9.69 Å². The maximum absolute atomic E-state index is 12.7. The molecule has 0 saturated carbocycles. The largest absolute Gasteiger partial charge is 0.443 e. The van der Waals surface area contributed by atoms with Gasteiger partial charge in [-0.2, -0.15) is 0 Å². The summed E-state index contributed by atoms with van der Waals surface area (Å²) >= 11 is 0. The first-order valence-corrected chi connectivity index (χ1v) is 10.8. The summed E-state index contributed by atoms with van der Waals surface area (Å²) < 4.78 is 42.6. The third-order valence-electron chi connectivity index (χ3n) is 4.26. The lowest BCUT2D eigenvalue weighted by Gasteiger charge is -2.37. The number of ether oxygens (including phenoxy) is 1. The second kappa shape index (κ2) is 6.55. The number of nitrogens with zero attached hydrogens (tertiary/aromatic N) is 1. The molecule has 0 aromatic rings. The normalized spacial score (nSPS) is 29.7. The highest BCUT2D eigenvalue weighted by atomic mass is 28.4. The van der Waals surface area contributed by atoms with Gasteiger partial charge in [-0.1, -0.05) is 27.6 Å². The van der Waals surface area contributed by atoms with E-state index < -0.39 is 51.1 Å². The predicted molar refractivity (Wildman–Crippen MR) is 93.8 cm³/mol. The van der Waals surface area contributed by atoms with Crippen LogP contribution in [0, 0.1) is 5.92 Å². The summed E-state index contributed by atoms with van der Waals surface area (Å²) in [5.74, 6) is -2.47. The van der Waals surface area contributed by atoms with E-state index in [4.69, 9.17) is 14.6 Å². The van der Waals surface area contributed by atoms with E-state index >= 15 is 0 Å². The molecule has 5 nitrogen and oxygen atoms in total. The fourth-order valence-corrected chi connectivity index (χ4v) is 2.90. The zero-order valence-electron chi connectivity index (χ0n) is 19.5. The van der Waals surface area contributed by atoms with Crippen LogP contribution in [0.1, 0.15) is 60.3 Å². The van der Waals surface area contributed by atoms with Crippen LogP contribution in [0.5, 0.6) is 0 Å². The summed E-state index contributed by atoms with van der Waals surface area (Å²) in [7, 11) is -2.22. The molecule has 0 aromatic heterocycles. The van der Waals surface area contributed by atoms with Crippen molar-refractivity contribution in [1.29, 1.82) is 0 Å². The Kier molecular flexibility index (Phi) is 4.12. The molecule has 0 spiro atoms. The van der Waals surface area contributed by atoms with E-state index in [-0.39, 0.29) is 11.6 Å². The van der Waals surface area contributed by atoms with Crippen molar-refractivity contribution < 1.29 is 24.2 Å². The van der Waals surface area contributed by atoms with Crippen LogP contribution >= 0.6 is 0 Å². The molecule has 1 aliphatic heterocycles. The van der Waals surface area contributed by atoms with Crippen LogP contribution < -0.4 is 0 Å². The molecule has 1 aliphatic rings. The first-order chi connectivity index (χ1) is 11.8. The highest BCUT2D eigenvalue weighted by Gasteiger charge is 2.45. The topological polar surface area (TPSA) is 55.8 Å². The zero-order valence-corrected chi connectivity index (χ0v) is 16.5. The fraction of sp³-hybridized carbons (Fsp3) is 0.882. The summed E-state index contributed by atoms with van der Waals surface area (Å²) in [5.41, 5.74) is -0.849. The number of likely N-dealkylation sites (tertiary alicyclic amines) is 1. The summed E-state index contributed by atoms with van der Waals surface area (Å²) in [6, 6.07) is -0.994. The fourth-order valence-electron chi connectivity index (χ4n) is 1.88. The standard InChI is InChI=1S/C17H33NO4Si/c1-12-10-13(11-21-23(8,9)17(5,6)7)18(14(12)19)15(20)22-16(2,3)4/h12-13H,10-11H2,1-9H3/t12-,13-/m0/s1/i1D3,10D/t10-,12+,13+/m1. The molecule has 1 rings (SSSR count). The van der Waals surface area contributed by atoms with Crippen molar-refractivity contribution in [2.24, 2.45) is 5.92 Å². The van der Waals surface area contributed by atoms with Gasteiger partial charge in [0.25, 0.3) is 0 Å². The Hall–Kier alpha value is -0.883. The second-order valence-corrected chi connectivity index (χ2v) is 13.3. The van der Waals surface area contributed by atoms with Gasteiger partial charge in [0, 0.05) is 11.4 Å². The number of carbonyl (C=O) groups excluding carboxylic acids is 2. The van der Waals surface area contributed by atoms with Crippen molar-refractivity contribution >= 4 is 20.3 Å². The summed E-state index contributed by atoms with van der Waals surface area (Å²) in [6.45, 7) is 12.4. The zero-order chi connectivity index (χ0) is 21.6. The highest BCUT2D eigenvalue weighted by Crippen LogP contribution is 2.37. The molecule has 1 heterocycles. The first-order valence-electron chi connectivity index (χ1n) is 9.99. The van der Waals surface area contributed by atoms with E-state index in [1.54, 1.807) is 20.8 Å². The van der Waals surface area contributed by atoms with Crippen molar-refractivity contribution in [1.82, 2.24) is 4.90 Å². The molecule has 134 valence electrons. The molecule has 3 atom stereocenters. The minimum absolute atomic E-state index is 0.0672. The van der Waals surface area contributed by atoms with Gasteiger partial charge in [0.15, 0.2) is 8.32 Å². The van der Waals surface area contributed by atoms with Crippen molar-refractivity contribution in [2.45, 2.75) is 84.6 Å². The molecule has 1 fully saturated rings. The predicted octanol–water partition coefficient (Wildman–Crippen LogP) is 4.18. The molecule has 0 radical (unpaired) electrons.